The van der Waals surface area contributed by atoms with E-state index in [1.807, 2.05) is 130 Å². The Morgan fingerprint density at radius 2 is 0.837 bits per heavy atom. The number of rotatable bonds is 34. The molecule has 38 heteroatoms. The number of benzene rings is 8. The quantitative estimate of drug-likeness (QED) is 0.0315. The van der Waals surface area contributed by atoms with Crippen molar-refractivity contribution in [3.8, 4) is 97.1 Å². The molecule has 34 nitrogen and oxygen atoms in total. The molecular formula is C103H110F3N25O9S. The molecule has 1 aliphatic heterocycles. The Morgan fingerprint density at radius 3 is 1.17 bits per heavy atom. The number of anilines is 8. The van der Waals surface area contributed by atoms with E-state index >= 15 is 0 Å². The zero-order chi connectivity index (χ0) is 99.2. The number of ether oxygens (including phenoxy) is 8. The Labute approximate surface area is 817 Å². The van der Waals surface area contributed by atoms with E-state index < -0.39 is 12.1 Å². The number of amides is 1. The molecule has 0 spiro atoms. The molecule has 17 aromatic rings. The van der Waals surface area contributed by atoms with E-state index in [9.17, 15) is 23.2 Å². The second-order valence-corrected chi connectivity index (χ2v) is 34.5. The summed E-state index contributed by atoms with van der Waals surface area (Å²) in [5, 5.41) is 37.4. The van der Waals surface area contributed by atoms with Gasteiger partial charge in [0.2, 0.25) is 0 Å². The van der Waals surface area contributed by atoms with Crippen LogP contribution in [-0.4, -0.2) is 217 Å². The first-order valence-electron chi connectivity index (χ1n) is 45.5. The lowest BCUT2D eigenvalue weighted by molar-refractivity contribution is -0.173. The number of alkyl halides is 3. The lowest BCUT2D eigenvalue weighted by atomic mass is 9.99. The highest BCUT2D eigenvalue weighted by atomic mass is 32.1. The van der Waals surface area contributed by atoms with E-state index in [4.69, 9.17) is 57.8 Å². The number of nitriles is 1. The predicted octanol–water partition coefficient (Wildman–Crippen LogP) is 18.4. The number of carbonyl (C=O) groups excluding carboxylic acids is 1. The van der Waals surface area contributed by atoms with Crippen molar-refractivity contribution in [3.63, 3.8) is 0 Å². The summed E-state index contributed by atoms with van der Waals surface area (Å²) < 4.78 is 87.2. The number of likely N-dealkylation sites (tertiary alicyclic amines) is 1. The standard InChI is InChI=1S/C29H33N7O2.C26H32N6O2.C24H23F3N6O3.C24H22N6O2S/c1-34-20-22(17-32-34)29-18-31-27-8-7-23(14-28(27)33-29)36(24-12-25(37-2)15-26(13-24)38-3)11-5-10-35-9-4-6-21(16-30)19-35;1-18(2)27-9-6-10-32(21-11-22(33-4)14-23(12-21)34-5)20-7-8-24-25(13-20)30-26(16-28-24)19-15-29-31(3)17-19;1-32-14-15(12-30-32)22-13-29-20-5-4-16(10-21(20)31-22)33(7-6-28-23(34)24(25,26)27)17-8-18(35-2)11-19(9-17)36-3;1-15-28-17(14-33-15)13-30(19-6-20(31-2)9-21(7-19)32-3)18-4-5-22-23(8-18)29-24(12-25-22)16-10-26-27-11-16/h7-8,12-15,17-18,20-21H,4-6,9-11,19H2,1-3H3;7-8,11-18,27H,6,9-10H2,1-5H3;4-5,8-14H,6-7H2,1-3H3,(H,28,34);4-12,14H,13H2,1-3H3,(H,26,27). The van der Waals surface area contributed by atoms with Crippen molar-refractivity contribution >= 4 is 107 Å². The molecule has 0 bridgehead atoms. The predicted molar refractivity (Wildman–Crippen MR) is 540 cm³/mol. The highest BCUT2D eigenvalue weighted by Crippen LogP contribution is 2.41. The van der Waals surface area contributed by atoms with Crippen LogP contribution in [0, 0.1) is 24.2 Å². The summed E-state index contributed by atoms with van der Waals surface area (Å²) in [5.41, 5.74) is 20.8. The van der Waals surface area contributed by atoms with E-state index in [1.165, 1.54) is 14.2 Å². The van der Waals surface area contributed by atoms with E-state index in [1.54, 1.807) is 172 Å². The van der Waals surface area contributed by atoms with Gasteiger partial charge in [-0.15, -0.1) is 11.3 Å². The number of thiazole rings is 1. The fraction of sp³-hybridized carbons (Fsp3) is 0.291. The van der Waals surface area contributed by atoms with E-state index in [-0.39, 0.29) is 19.0 Å². The summed E-state index contributed by atoms with van der Waals surface area (Å²) in [6.07, 6.45) is 20.5. The second kappa shape index (κ2) is 46.3. The molecule has 0 aliphatic carbocycles. The highest BCUT2D eigenvalue weighted by Gasteiger charge is 2.38. The molecule has 0 radical (unpaired) electrons. The van der Waals surface area contributed by atoms with Crippen LogP contribution in [0.2, 0.25) is 0 Å². The number of halogens is 3. The third-order valence-corrected chi connectivity index (χ3v) is 24.1. The molecule has 1 fully saturated rings. The van der Waals surface area contributed by atoms with Crippen molar-refractivity contribution in [1.82, 2.24) is 99.9 Å². The molecule has 18 rings (SSSR count). The largest absolute Gasteiger partial charge is 0.497 e. The number of carbonyl (C=O) groups is 1. The number of nitrogens with one attached hydrogen (secondary N) is 3. The molecule has 1 aliphatic rings. The summed E-state index contributed by atoms with van der Waals surface area (Å²) in [5.74, 6) is 3.51. The van der Waals surface area contributed by atoms with Gasteiger partial charge < -0.3 is 73.0 Å². The zero-order valence-electron chi connectivity index (χ0n) is 80.8. The third-order valence-electron chi connectivity index (χ3n) is 23.3. The van der Waals surface area contributed by atoms with Crippen LogP contribution in [0.25, 0.3) is 89.2 Å². The van der Waals surface area contributed by atoms with Gasteiger partial charge in [0, 0.05) is 231 Å². The van der Waals surface area contributed by atoms with Crippen molar-refractivity contribution < 1.29 is 55.9 Å². The fourth-order valence-electron chi connectivity index (χ4n) is 16.1. The monoisotopic (exact) mass is 1930 g/mol. The summed E-state index contributed by atoms with van der Waals surface area (Å²) in [6, 6.07) is 49.5. The lowest BCUT2D eigenvalue weighted by Gasteiger charge is -2.31. The molecule has 0 saturated carbocycles. The molecule has 9 aromatic heterocycles. The molecule has 3 N–H and O–H groups in total. The molecule has 141 heavy (non-hydrogen) atoms. The molecule has 1 unspecified atom stereocenters. The number of aromatic nitrogens is 17. The van der Waals surface area contributed by atoms with Gasteiger partial charge in [0.15, 0.2) is 0 Å². The Bertz CT molecular complexity index is 7090. The minimum Gasteiger partial charge on any atom is -0.497 e. The van der Waals surface area contributed by atoms with Gasteiger partial charge >= 0.3 is 12.1 Å². The van der Waals surface area contributed by atoms with Gasteiger partial charge in [-0.05, 0) is 125 Å². The van der Waals surface area contributed by atoms with Gasteiger partial charge in [-0.1, -0.05) is 13.8 Å². The van der Waals surface area contributed by atoms with E-state index in [2.05, 4.69) is 125 Å². The highest BCUT2D eigenvalue weighted by molar-refractivity contribution is 7.09. The smallest absolute Gasteiger partial charge is 0.471 e. The Kier molecular flexibility index (Phi) is 32.6. The van der Waals surface area contributed by atoms with E-state index in [0.29, 0.717) is 63.7 Å². The van der Waals surface area contributed by atoms with Crippen LogP contribution in [0.4, 0.5) is 58.7 Å². The first kappa shape index (κ1) is 99.3. The molecular weight excluding hydrogens is 1820 g/mol. The summed E-state index contributed by atoms with van der Waals surface area (Å²) in [4.78, 5) is 64.5. The van der Waals surface area contributed by atoms with Gasteiger partial charge in [0.05, 0.1) is 203 Å². The van der Waals surface area contributed by atoms with Crippen LogP contribution >= 0.6 is 11.3 Å². The summed E-state index contributed by atoms with van der Waals surface area (Å²) in [7, 11) is 18.5. The first-order chi connectivity index (χ1) is 68.3. The molecule has 1 saturated heterocycles. The van der Waals surface area contributed by atoms with Crippen molar-refractivity contribution in [3.05, 3.63) is 236 Å². The lowest BCUT2D eigenvalue weighted by Crippen LogP contribution is -2.40. The fourth-order valence-corrected chi connectivity index (χ4v) is 16.7. The van der Waals surface area contributed by atoms with Crippen LogP contribution in [0.3, 0.4) is 0 Å². The number of fused-ring (bicyclic) bond motifs is 4. The number of piperidine rings is 1. The molecule has 8 aromatic carbocycles. The minimum absolute atomic E-state index is 0.0272. The Morgan fingerprint density at radius 1 is 0.468 bits per heavy atom. The average Bonchev–Trinajstić information content (AvgIpc) is 1.56. The third kappa shape index (κ3) is 25.6. The number of aromatic amines is 1. The van der Waals surface area contributed by atoms with Crippen LogP contribution < -0.4 is 68.1 Å². The van der Waals surface area contributed by atoms with Gasteiger partial charge in [-0.25, -0.2) is 24.9 Å². The Balaban J connectivity index is 0.000000142. The van der Waals surface area contributed by atoms with Crippen molar-refractivity contribution in [1.29, 1.82) is 5.26 Å². The van der Waals surface area contributed by atoms with Gasteiger partial charge in [-0.3, -0.25) is 43.9 Å². The van der Waals surface area contributed by atoms with Crippen LogP contribution in [-0.2, 0) is 32.5 Å². The summed E-state index contributed by atoms with van der Waals surface area (Å²) in [6.45, 7) is 12.0. The second-order valence-electron chi connectivity index (χ2n) is 33.4. The minimum atomic E-state index is -4.97. The van der Waals surface area contributed by atoms with Crippen molar-refractivity contribution in [2.24, 2.45) is 27.1 Å². The van der Waals surface area contributed by atoms with Crippen LogP contribution in [0.1, 0.15) is 50.2 Å². The van der Waals surface area contributed by atoms with Gasteiger partial charge in [0.1, 0.15) is 46.0 Å². The van der Waals surface area contributed by atoms with Gasteiger partial charge in [0.25, 0.3) is 0 Å². The van der Waals surface area contributed by atoms with Crippen molar-refractivity contribution in [2.45, 2.75) is 65.2 Å². The number of hydrogen-bond donors (Lipinski definition) is 3. The number of nitrogens with zero attached hydrogens (tertiary/aromatic N) is 22. The first-order valence-corrected chi connectivity index (χ1v) is 46.4. The maximum absolute atomic E-state index is 12.7. The molecule has 728 valence electrons. The van der Waals surface area contributed by atoms with Crippen LogP contribution in [0.15, 0.2) is 225 Å². The van der Waals surface area contributed by atoms with E-state index in [0.717, 1.165) is 205 Å². The van der Waals surface area contributed by atoms with Gasteiger partial charge in [-0.2, -0.15) is 38.8 Å². The number of methoxy groups -OCH3 is 8. The Hall–Kier alpha value is -16.1. The summed E-state index contributed by atoms with van der Waals surface area (Å²) >= 11 is 1.64. The normalized spacial score (nSPS) is 12.4. The average molecular weight is 1930 g/mol. The molecule has 1 atom stereocenters. The molecule has 10 heterocycles. The molecule has 1 amide bonds. The maximum Gasteiger partial charge on any atom is 0.471 e. The maximum atomic E-state index is 12.7. The SMILES string of the molecule is COc1cc(OC)cc(N(CCCN2CCCC(C#N)C2)c2ccc3ncc(-c4cnn(C)c4)nc3c2)c1.COc1cc(OC)cc(N(CCCNC(C)C)c2ccc3ncc(-c4cnn(C)c4)nc3c2)c1.COc1cc(OC)cc(N(CCNC(=O)C(F)(F)F)c2ccc3ncc(-c4cnn(C)c4)nc3c2)c1.COc1cc(OC)cc(N(Cc2csc(C)n2)c2ccc3ncc(-c4cn[nH]c4)nc3c2)c1. The number of aryl methyl sites for hydroxylation is 4. The number of hydrogen-bond acceptors (Lipinski definition) is 30. The zero-order valence-corrected chi connectivity index (χ0v) is 81.6. The number of H-pyrrole nitrogens is 1. The van der Waals surface area contributed by atoms with Crippen LogP contribution in [0.5, 0.6) is 46.0 Å². The van der Waals surface area contributed by atoms with Crippen molar-refractivity contribution in [2.75, 3.05) is 129 Å². The topological polar surface area (TPSA) is 353 Å².